The van der Waals surface area contributed by atoms with Crippen molar-refractivity contribution in [2.24, 2.45) is 0 Å². The molecule has 0 saturated heterocycles. The van der Waals surface area contributed by atoms with E-state index in [1.165, 1.54) is 8.42 Å². The minimum absolute atomic E-state index is 0.298. The molecule has 0 spiro atoms. The number of carbonyl (C=O) groups excluding carboxylic acids is 1. The van der Waals surface area contributed by atoms with Crippen molar-refractivity contribution < 1.29 is 4.79 Å². The van der Waals surface area contributed by atoms with Crippen molar-refractivity contribution >= 4 is 64.2 Å². The summed E-state index contributed by atoms with van der Waals surface area (Å²) in [5.74, 6) is 0.873. The van der Waals surface area contributed by atoms with E-state index in [1.807, 2.05) is 13.2 Å². The highest BCUT2D eigenvalue weighted by atomic mass is 32.2. The van der Waals surface area contributed by atoms with Crippen molar-refractivity contribution in [1.82, 2.24) is 0 Å². The van der Waals surface area contributed by atoms with Crippen LogP contribution < -0.4 is 0 Å². The summed E-state index contributed by atoms with van der Waals surface area (Å²) in [5.41, 5.74) is 0. The van der Waals surface area contributed by atoms with E-state index in [0.717, 1.165) is 3.14 Å². The third kappa shape index (κ3) is 3.66. The zero-order chi connectivity index (χ0) is 10.6. The molecule has 0 aliphatic carbocycles. The molecule has 14 heavy (non-hydrogen) atoms. The number of hydrogen-bond acceptors (Lipinski definition) is 6. The fraction of sp³-hybridized carbons (Fsp3) is 0.500. The third-order valence-electron chi connectivity index (χ3n) is 1.46. The van der Waals surface area contributed by atoms with Crippen molar-refractivity contribution in [3.8, 4) is 0 Å². The lowest BCUT2D eigenvalue weighted by atomic mass is 10.4. The Morgan fingerprint density at radius 1 is 1.43 bits per heavy atom. The van der Waals surface area contributed by atoms with Gasteiger partial charge in [0, 0.05) is 6.42 Å². The van der Waals surface area contributed by atoms with Crippen LogP contribution >= 0.6 is 58.4 Å². The van der Waals surface area contributed by atoms with Gasteiger partial charge in [-0.05, 0) is 6.26 Å². The molecule has 0 radical (unpaired) electrons. The van der Waals surface area contributed by atoms with Crippen LogP contribution in [-0.2, 0) is 4.79 Å². The van der Waals surface area contributed by atoms with E-state index in [1.54, 1.807) is 46.2 Å². The molecule has 1 aromatic rings. The molecule has 1 aromatic heterocycles. The molecule has 0 saturated carbocycles. The van der Waals surface area contributed by atoms with E-state index in [0.29, 0.717) is 18.0 Å². The number of carbonyl (C=O) groups is 1. The zero-order valence-electron chi connectivity index (χ0n) is 7.86. The topological polar surface area (TPSA) is 17.1 Å². The fourth-order valence-electron chi connectivity index (χ4n) is 0.717. The molecule has 0 amide bonds. The number of rotatable bonds is 5. The molecule has 0 atom stereocenters. The zero-order valence-corrected chi connectivity index (χ0v) is 11.9. The summed E-state index contributed by atoms with van der Waals surface area (Å²) in [6.45, 7) is 1.90. The summed E-state index contributed by atoms with van der Waals surface area (Å²) >= 11 is 11.7. The Morgan fingerprint density at radius 3 is 2.64 bits per heavy atom. The minimum Gasteiger partial charge on any atom is -0.299 e. The second-order valence-electron chi connectivity index (χ2n) is 2.41. The first-order chi connectivity index (χ1) is 6.67. The van der Waals surface area contributed by atoms with Crippen LogP contribution in [0.1, 0.15) is 13.3 Å². The van der Waals surface area contributed by atoms with Gasteiger partial charge in [0.25, 0.3) is 0 Å². The summed E-state index contributed by atoms with van der Waals surface area (Å²) in [7, 11) is 0. The van der Waals surface area contributed by atoms with Gasteiger partial charge in [0.15, 0.2) is 0 Å². The van der Waals surface area contributed by atoms with Gasteiger partial charge in [-0.2, -0.15) is 0 Å². The molecule has 0 bridgehead atoms. The number of thioether (sulfide) groups is 2. The Hall–Kier alpha value is 0.640. The van der Waals surface area contributed by atoms with E-state index in [2.05, 4.69) is 0 Å². The summed E-state index contributed by atoms with van der Waals surface area (Å²) < 4.78 is 3.39. The summed E-state index contributed by atoms with van der Waals surface area (Å²) in [5, 5.41) is 0. The molecule has 1 heterocycles. The normalized spacial score (nSPS) is 10.4. The first-order valence-electron chi connectivity index (χ1n) is 3.99. The maximum atomic E-state index is 11.1. The fourth-order valence-corrected chi connectivity index (χ4v) is 6.37. The Kier molecular flexibility index (Phi) is 5.69. The van der Waals surface area contributed by atoms with Crippen molar-refractivity contribution in [3.05, 3.63) is 3.14 Å². The molecular formula is C8H10OS5. The van der Waals surface area contributed by atoms with Crippen molar-refractivity contribution in [1.29, 1.82) is 0 Å². The maximum absolute atomic E-state index is 11.1. The van der Waals surface area contributed by atoms with E-state index >= 15 is 0 Å². The Morgan fingerprint density at radius 2 is 2.07 bits per heavy atom. The maximum Gasteiger partial charge on any atom is 0.145 e. The first kappa shape index (κ1) is 12.7. The largest absolute Gasteiger partial charge is 0.299 e. The van der Waals surface area contributed by atoms with Crippen LogP contribution in [0.5, 0.6) is 0 Å². The van der Waals surface area contributed by atoms with Gasteiger partial charge in [-0.1, -0.05) is 19.1 Å². The van der Waals surface area contributed by atoms with Crippen molar-refractivity contribution in [2.75, 3.05) is 12.0 Å². The predicted octanol–water partition coefficient (Wildman–Crippen LogP) is 4.33. The Balaban J connectivity index is 2.66. The first-order valence-corrected chi connectivity index (χ1v) is 8.25. The highest BCUT2D eigenvalue weighted by Gasteiger charge is 2.08. The van der Waals surface area contributed by atoms with Crippen LogP contribution in [0, 0.1) is 3.14 Å². The van der Waals surface area contributed by atoms with Crippen molar-refractivity contribution in [2.45, 2.75) is 21.8 Å². The van der Waals surface area contributed by atoms with Gasteiger partial charge in [-0.3, -0.25) is 4.79 Å². The average molecular weight is 283 g/mol. The number of Topliss-reactive ketones (excluding diaryl/α,β-unsaturated/α-hetero) is 1. The lowest BCUT2D eigenvalue weighted by Crippen LogP contribution is -1.97. The molecule has 1 nitrogen and oxygen atoms in total. The molecule has 0 unspecified atom stereocenters. The average Bonchev–Trinajstić information content (AvgIpc) is 2.55. The van der Waals surface area contributed by atoms with Crippen LogP contribution in [0.4, 0.5) is 0 Å². The Bertz CT molecular complexity index is 364. The van der Waals surface area contributed by atoms with E-state index in [4.69, 9.17) is 12.2 Å². The van der Waals surface area contributed by atoms with E-state index in [-0.39, 0.29) is 0 Å². The Labute approximate surface area is 105 Å². The molecule has 0 aliphatic heterocycles. The second kappa shape index (κ2) is 6.27. The lowest BCUT2D eigenvalue weighted by Gasteiger charge is -1.97. The van der Waals surface area contributed by atoms with Gasteiger partial charge in [0.1, 0.15) is 8.92 Å². The molecule has 0 N–H and O–H groups in total. The summed E-state index contributed by atoms with van der Waals surface area (Å²) in [4.78, 5) is 11.1. The van der Waals surface area contributed by atoms with E-state index in [9.17, 15) is 4.79 Å². The molecule has 6 heteroatoms. The van der Waals surface area contributed by atoms with Gasteiger partial charge in [-0.15, -0.1) is 46.2 Å². The highest BCUT2D eigenvalue weighted by molar-refractivity contribution is 8.05. The van der Waals surface area contributed by atoms with Crippen LogP contribution in [0.25, 0.3) is 0 Å². The van der Waals surface area contributed by atoms with E-state index < -0.39 is 0 Å². The predicted molar refractivity (Wildman–Crippen MR) is 70.8 cm³/mol. The van der Waals surface area contributed by atoms with Gasteiger partial charge in [0.2, 0.25) is 0 Å². The minimum atomic E-state index is 0.298. The van der Waals surface area contributed by atoms with Crippen molar-refractivity contribution in [3.63, 3.8) is 0 Å². The molecule has 78 valence electrons. The monoisotopic (exact) mass is 282 g/mol. The standard InChI is InChI=1S/C8H10OS5/c1-3-5(9)4-12-7-6(11-2)13-8(10)14-7/h3-4H2,1-2H3. The van der Waals surface area contributed by atoms with Gasteiger partial charge in [0.05, 0.1) is 14.2 Å². The smallest absolute Gasteiger partial charge is 0.145 e. The molecule has 0 aromatic carbocycles. The van der Waals surface area contributed by atoms with Crippen LogP contribution in [-0.4, -0.2) is 17.8 Å². The van der Waals surface area contributed by atoms with Crippen LogP contribution in [0.2, 0.25) is 0 Å². The SMILES string of the molecule is CCC(=O)CSc1sc(=S)sc1SC. The second-order valence-corrected chi connectivity index (χ2v) is 7.96. The third-order valence-corrected chi connectivity index (χ3v) is 6.95. The van der Waals surface area contributed by atoms with Crippen LogP contribution in [0.15, 0.2) is 8.42 Å². The van der Waals surface area contributed by atoms with Gasteiger partial charge in [-0.25, -0.2) is 0 Å². The molecule has 0 aliphatic rings. The molecule has 0 fully saturated rings. The molecule has 1 rings (SSSR count). The quantitative estimate of drug-likeness (QED) is 0.590. The summed E-state index contributed by atoms with van der Waals surface area (Å²) in [6.07, 6.45) is 2.66. The number of ketones is 1. The van der Waals surface area contributed by atoms with Crippen LogP contribution in [0.3, 0.4) is 0 Å². The number of hydrogen-bond donors (Lipinski definition) is 0. The lowest BCUT2D eigenvalue weighted by molar-refractivity contribution is -0.116. The van der Waals surface area contributed by atoms with Gasteiger partial charge < -0.3 is 0 Å². The highest BCUT2D eigenvalue weighted by Crippen LogP contribution is 2.39. The molecular weight excluding hydrogens is 272 g/mol. The summed E-state index contributed by atoms with van der Waals surface area (Å²) in [6, 6.07) is 0. The van der Waals surface area contributed by atoms with Gasteiger partial charge >= 0.3 is 0 Å².